The fourth-order valence-electron chi connectivity index (χ4n) is 2.45. The molecule has 0 aliphatic carbocycles. The maximum absolute atomic E-state index is 12.5. The minimum absolute atomic E-state index is 0.00559. The van der Waals surface area contributed by atoms with Crippen LogP contribution in [0.3, 0.4) is 0 Å². The molecule has 5 heteroatoms. The molecule has 4 nitrogen and oxygen atoms in total. The monoisotopic (exact) mass is 302 g/mol. The van der Waals surface area contributed by atoms with E-state index in [-0.39, 0.29) is 17.9 Å². The fourth-order valence-corrected chi connectivity index (χ4v) is 3.34. The summed E-state index contributed by atoms with van der Waals surface area (Å²) in [4.78, 5) is 19.5. The summed E-state index contributed by atoms with van der Waals surface area (Å²) in [6.07, 6.45) is 2.43. The molecule has 21 heavy (non-hydrogen) atoms. The van der Waals surface area contributed by atoms with Gasteiger partial charge in [-0.2, -0.15) is 0 Å². The highest BCUT2D eigenvalue weighted by Gasteiger charge is 2.34. The van der Waals surface area contributed by atoms with E-state index in [0.29, 0.717) is 11.7 Å². The fraction of sp³-hybridized carbons (Fsp3) is 0.375. The van der Waals surface area contributed by atoms with Crippen molar-refractivity contribution in [1.82, 2.24) is 4.98 Å². The summed E-state index contributed by atoms with van der Waals surface area (Å²) in [5.41, 5.74) is 1.12. The van der Waals surface area contributed by atoms with Crippen molar-refractivity contribution >= 4 is 22.4 Å². The first-order valence-corrected chi connectivity index (χ1v) is 7.89. The van der Waals surface area contributed by atoms with Crippen molar-refractivity contribution < 1.29 is 9.53 Å². The lowest BCUT2D eigenvalue weighted by molar-refractivity contribution is -0.128. The van der Waals surface area contributed by atoms with Gasteiger partial charge in [-0.3, -0.25) is 9.69 Å². The van der Waals surface area contributed by atoms with E-state index in [0.717, 1.165) is 16.9 Å². The van der Waals surface area contributed by atoms with Crippen LogP contribution in [0.15, 0.2) is 36.5 Å². The van der Waals surface area contributed by atoms with Gasteiger partial charge in [0.25, 0.3) is 5.91 Å². The molecule has 1 aromatic carbocycles. The number of anilines is 1. The van der Waals surface area contributed by atoms with E-state index in [1.54, 1.807) is 11.9 Å². The summed E-state index contributed by atoms with van der Waals surface area (Å²) in [6, 6.07) is 10.1. The minimum atomic E-state index is -0.334. The molecule has 2 aromatic rings. The number of carbonyl (C=O) groups excluding carboxylic acids is 1. The van der Waals surface area contributed by atoms with E-state index >= 15 is 0 Å². The highest BCUT2D eigenvalue weighted by molar-refractivity contribution is 7.19. The maximum Gasteiger partial charge on any atom is 0.257 e. The van der Waals surface area contributed by atoms with Crippen LogP contribution in [0.25, 0.3) is 10.4 Å². The summed E-state index contributed by atoms with van der Waals surface area (Å²) in [5, 5.41) is 0.710. The Kier molecular flexibility index (Phi) is 4.03. The van der Waals surface area contributed by atoms with Crippen LogP contribution in [-0.4, -0.2) is 30.6 Å². The Balaban J connectivity index is 1.78. The molecule has 0 spiro atoms. The number of rotatable bonds is 3. The lowest BCUT2D eigenvalue weighted by Crippen LogP contribution is -2.38. The van der Waals surface area contributed by atoms with Gasteiger partial charge in [0.2, 0.25) is 0 Å². The summed E-state index contributed by atoms with van der Waals surface area (Å²) in [7, 11) is 1.77. The molecule has 0 unspecified atom stereocenters. The van der Waals surface area contributed by atoms with Crippen molar-refractivity contribution in [3.63, 3.8) is 0 Å². The van der Waals surface area contributed by atoms with Crippen LogP contribution >= 0.6 is 11.3 Å². The van der Waals surface area contributed by atoms with Gasteiger partial charge in [0.1, 0.15) is 6.10 Å². The molecule has 1 fully saturated rings. The molecule has 1 aliphatic rings. The standard InChI is InChI=1S/C16H18N2O2S/c1-11-8-9-20-14(11)15(19)18(2)16-17-10-13(21-16)12-6-4-3-5-7-12/h3-7,10-11,14H,8-9H2,1-2H3/t11-,14-/m1/s1. The minimum Gasteiger partial charge on any atom is -0.368 e. The molecule has 1 amide bonds. The molecule has 2 atom stereocenters. The van der Waals surface area contributed by atoms with Gasteiger partial charge < -0.3 is 4.74 Å². The number of amides is 1. The van der Waals surface area contributed by atoms with Crippen LogP contribution in [0.2, 0.25) is 0 Å². The zero-order valence-corrected chi connectivity index (χ0v) is 13.0. The van der Waals surface area contributed by atoms with Gasteiger partial charge in [-0.15, -0.1) is 0 Å². The molecular weight excluding hydrogens is 284 g/mol. The van der Waals surface area contributed by atoms with Crippen LogP contribution in [0.4, 0.5) is 5.13 Å². The van der Waals surface area contributed by atoms with Gasteiger partial charge >= 0.3 is 0 Å². The molecule has 1 aliphatic heterocycles. The average Bonchev–Trinajstić information content (AvgIpc) is 3.15. The molecule has 3 rings (SSSR count). The summed E-state index contributed by atoms with van der Waals surface area (Å²) >= 11 is 1.52. The summed E-state index contributed by atoms with van der Waals surface area (Å²) in [5.74, 6) is 0.266. The third-order valence-electron chi connectivity index (χ3n) is 3.80. The van der Waals surface area contributed by atoms with Gasteiger partial charge in [0.15, 0.2) is 5.13 Å². The van der Waals surface area contributed by atoms with Crippen LogP contribution in [-0.2, 0) is 9.53 Å². The molecule has 0 saturated carbocycles. The van der Waals surface area contributed by atoms with E-state index in [2.05, 4.69) is 11.9 Å². The number of aromatic nitrogens is 1. The number of ether oxygens (including phenoxy) is 1. The van der Waals surface area contributed by atoms with E-state index in [1.165, 1.54) is 11.3 Å². The second kappa shape index (κ2) is 5.95. The van der Waals surface area contributed by atoms with Crippen LogP contribution in [0, 0.1) is 5.92 Å². The molecule has 1 saturated heterocycles. The van der Waals surface area contributed by atoms with Gasteiger partial charge in [0, 0.05) is 19.9 Å². The molecular formula is C16H18N2O2S. The molecule has 0 radical (unpaired) electrons. The number of likely N-dealkylation sites (N-methyl/N-ethyl adjacent to an activating group) is 1. The van der Waals surface area contributed by atoms with Crippen LogP contribution < -0.4 is 4.90 Å². The Morgan fingerprint density at radius 2 is 2.14 bits per heavy atom. The first-order valence-electron chi connectivity index (χ1n) is 7.07. The highest BCUT2D eigenvalue weighted by Crippen LogP contribution is 2.32. The SMILES string of the molecule is C[C@@H]1CCO[C@H]1C(=O)N(C)c1ncc(-c2ccccc2)s1. The smallest absolute Gasteiger partial charge is 0.257 e. The Bertz CT molecular complexity index is 626. The Labute approximate surface area is 128 Å². The van der Waals surface area contributed by atoms with Crippen LogP contribution in [0.5, 0.6) is 0 Å². The number of hydrogen-bond donors (Lipinski definition) is 0. The number of hydrogen-bond acceptors (Lipinski definition) is 4. The molecule has 1 aromatic heterocycles. The second-order valence-electron chi connectivity index (χ2n) is 5.33. The van der Waals surface area contributed by atoms with Crippen LogP contribution in [0.1, 0.15) is 13.3 Å². The lowest BCUT2D eigenvalue weighted by atomic mass is 10.0. The largest absolute Gasteiger partial charge is 0.368 e. The molecule has 110 valence electrons. The Morgan fingerprint density at radius 1 is 1.38 bits per heavy atom. The second-order valence-corrected chi connectivity index (χ2v) is 6.34. The Morgan fingerprint density at radius 3 is 2.81 bits per heavy atom. The zero-order valence-electron chi connectivity index (χ0n) is 12.2. The van der Waals surface area contributed by atoms with E-state index in [9.17, 15) is 4.79 Å². The highest BCUT2D eigenvalue weighted by atomic mass is 32.1. The van der Waals surface area contributed by atoms with Gasteiger partial charge in [-0.25, -0.2) is 4.98 Å². The van der Waals surface area contributed by atoms with Gasteiger partial charge in [-0.05, 0) is 17.9 Å². The van der Waals surface area contributed by atoms with E-state index in [4.69, 9.17) is 4.74 Å². The third-order valence-corrected chi connectivity index (χ3v) is 4.92. The number of carbonyl (C=O) groups is 1. The molecule has 2 heterocycles. The quantitative estimate of drug-likeness (QED) is 0.874. The van der Waals surface area contributed by atoms with E-state index in [1.807, 2.05) is 36.5 Å². The van der Waals surface area contributed by atoms with Crippen molar-refractivity contribution in [2.24, 2.45) is 5.92 Å². The van der Waals surface area contributed by atoms with Crippen molar-refractivity contribution in [2.45, 2.75) is 19.4 Å². The van der Waals surface area contributed by atoms with E-state index < -0.39 is 0 Å². The zero-order chi connectivity index (χ0) is 14.8. The number of nitrogens with zero attached hydrogens (tertiary/aromatic N) is 2. The first kappa shape index (κ1) is 14.2. The van der Waals surface area contributed by atoms with Gasteiger partial charge in [0.05, 0.1) is 4.88 Å². The number of thiazole rings is 1. The van der Waals surface area contributed by atoms with Crippen molar-refractivity contribution in [1.29, 1.82) is 0 Å². The topological polar surface area (TPSA) is 42.4 Å². The average molecular weight is 302 g/mol. The normalized spacial score (nSPS) is 21.4. The Hall–Kier alpha value is -1.72. The molecule has 0 N–H and O–H groups in total. The third kappa shape index (κ3) is 2.84. The van der Waals surface area contributed by atoms with Gasteiger partial charge in [-0.1, -0.05) is 48.6 Å². The predicted molar refractivity (Wildman–Crippen MR) is 84.5 cm³/mol. The first-order chi connectivity index (χ1) is 10.2. The molecule has 0 bridgehead atoms. The summed E-state index contributed by atoms with van der Waals surface area (Å²) in [6.45, 7) is 2.72. The van der Waals surface area contributed by atoms with Crippen molar-refractivity contribution in [3.05, 3.63) is 36.5 Å². The number of benzene rings is 1. The lowest BCUT2D eigenvalue weighted by Gasteiger charge is -2.20. The van der Waals surface area contributed by atoms with Crippen molar-refractivity contribution in [2.75, 3.05) is 18.6 Å². The van der Waals surface area contributed by atoms with Crippen molar-refractivity contribution in [3.8, 4) is 10.4 Å². The maximum atomic E-state index is 12.5. The predicted octanol–water partition coefficient (Wildman–Crippen LogP) is 3.20. The summed E-state index contributed by atoms with van der Waals surface area (Å²) < 4.78 is 5.55.